The summed E-state index contributed by atoms with van der Waals surface area (Å²) in [7, 11) is 0. The van der Waals surface area contributed by atoms with Crippen molar-refractivity contribution in [2.75, 3.05) is 6.61 Å². The first-order valence-corrected chi connectivity index (χ1v) is 8.74. The van der Waals surface area contributed by atoms with E-state index in [4.69, 9.17) is 13.9 Å². The zero-order chi connectivity index (χ0) is 20.0. The Balaban J connectivity index is 2.47. The van der Waals surface area contributed by atoms with Crippen LogP contribution in [0.4, 0.5) is 0 Å². The molecule has 0 saturated heterocycles. The Labute approximate surface area is 157 Å². The minimum absolute atomic E-state index is 0.00131. The van der Waals surface area contributed by atoms with Crippen molar-refractivity contribution in [2.24, 2.45) is 0 Å². The van der Waals surface area contributed by atoms with Gasteiger partial charge in [0.1, 0.15) is 18.1 Å². The Morgan fingerprint density at radius 3 is 2.44 bits per heavy atom. The van der Waals surface area contributed by atoms with E-state index < -0.39 is 29.7 Å². The largest absolute Gasteiger partial charge is 0.502 e. The SMILES string of the molecule is CCOC(=O)CC(c1ccc(OC(C)C)cc1)c1oc(CO)cc(=O)c1O. The second-order valence-corrected chi connectivity index (χ2v) is 6.25. The molecule has 7 nitrogen and oxygen atoms in total. The number of aromatic hydroxyl groups is 1. The molecule has 0 aliphatic heterocycles. The number of carbonyl (C=O) groups excluding carboxylic acids is 1. The van der Waals surface area contributed by atoms with Crippen LogP contribution in [0.15, 0.2) is 39.5 Å². The van der Waals surface area contributed by atoms with Gasteiger partial charge in [0.15, 0.2) is 5.76 Å². The third kappa shape index (κ3) is 5.34. The molecule has 1 aromatic carbocycles. The number of benzene rings is 1. The summed E-state index contributed by atoms with van der Waals surface area (Å²) >= 11 is 0. The van der Waals surface area contributed by atoms with Gasteiger partial charge in [-0.25, -0.2) is 0 Å². The van der Waals surface area contributed by atoms with Gasteiger partial charge < -0.3 is 24.1 Å². The lowest BCUT2D eigenvalue weighted by molar-refractivity contribution is -0.143. The third-order valence-corrected chi connectivity index (χ3v) is 3.80. The van der Waals surface area contributed by atoms with Gasteiger partial charge in [-0.05, 0) is 38.5 Å². The van der Waals surface area contributed by atoms with Crippen molar-refractivity contribution < 1.29 is 28.9 Å². The quantitative estimate of drug-likeness (QED) is 0.682. The summed E-state index contributed by atoms with van der Waals surface area (Å²) in [5.41, 5.74) is -0.0541. The van der Waals surface area contributed by atoms with E-state index in [1.54, 1.807) is 31.2 Å². The van der Waals surface area contributed by atoms with Crippen LogP contribution >= 0.6 is 0 Å². The summed E-state index contributed by atoms with van der Waals surface area (Å²) in [6, 6.07) is 7.94. The Morgan fingerprint density at radius 1 is 1.22 bits per heavy atom. The number of aliphatic hydroxyl groups excluding tert-OH is 1. The molecule has 0 radical (unpaired) electrons. The number of rotatable bonds is 8. The van der Waals surface area contributed by atoms with E-state index in [2.05, 4.69) is 0 Å². The van der Waals surface area contributed by atoms with E-state index >= 15 is 0 Å². The topological polar surface area (TPSA) is 106 Å². The van der Waals surface area contributed by atoms with E-state index in [0.717, 1.165) is 6.07 Å². The molecule has 0 amide bonds. The molecule has 0 spiro atoms. The van der Waals surface area contributed by atoms with Crippen LogP contribution in [0.1, 0.15) is 50.2 Å². The molecule has 7 heteroatoms. The lowest BCUT2D eigenvalue weighted by Crippen LogP contribution is -2.15. The number of esters is 1. The Bertz CT molecular complexity index is 821. The molecule has 2 N–H and O–H groups in total. The molecule has 0 saturated carbocycles. The Kier molecular flexibility index (Phi) is 7.01. The van der Waals surface area contributed by atoms with Crippen molar-refractivity contribution in [1.82, 2.24) is 0 Å². The summed E-state index contributed by atoms with van der Waals surface area (Å²) in [6.07, 6.45) is -0.127. The second kappa shape index (κ2) is 9.23. The van der Waals surface area contributed by atoms with Crippen molar-refractivity contribution in [3.63, 3.8) is 0 Å². The minimum Gasteiger partial charge on any atom is -0.502 e. The van der Waals surface area contributed by atoms with Gasteiger partial charge in [-0.2, -0.15) is 0 Å². The maximum Gasteiger partial charge on any atom is 0.306 e. The lowest BCUT2D eigenvalue weighted by atomic mass is 9.92. The fourth-order valence-corrected chi connectivity index (χ4v) is 2.67. The fraction of sp³-hybridized carbons (Fsp3) is 0.400. The number of hydrogen-bond donors (Lipinski definition) is 2. The molecule has 27 heavy (non-hydrogen) atoms. The molecular weight excluding hydrogens is 352 g/mol. The average Bonchev–Trinajstić information content (AvgIpc) is 2.62. The van der Waals surface area contributed by atoms with Gasteiger partial charge >= 0.3 is 5.97 Å². The van der Waals surface area contributed by atoms with E-state index in [0.29, 0.717) is 11.3 Å². The first kappa shape index (κ1) is 20.5. The van der Waals surface area contributed by atoms with Gasteiger partial charge in [-0.1, -0.05) is 12.1 Å². The first-order valence-electron chi connectivity index (χ1n) is 8.74. The third-order valence-electron chi connectivity index (χ3n) is 3.80. The van der Waals surface area contributed by atoms with E-state index in [1.165, 1.54) is 0 Å². The van der Waals surface area contributed by atoms with Crippen molar-refractivity contribution in [3.8, 4) is 11.5 Å². The monoisotopic (exact) mass is 376 g/mol. The van der Waals surface area contributed by atoms with Crippen molar-refractivity contribution >= 4 is 5.97 Å². The predicted molar refractivity (Wildman–Crippen MR) is 97.9 cm³/mol. The van der Waals surface area contributed by atoms with Crippen LogP contribution in [0.2, 0.25) is 0 Å². The van der Waals surface area contributed by atoms with Crippen molar-refractivity contribution in [1.29, 1.82) is 0 Å². The Morgan fingerprint density at radius 2 is 1.89 bits per heavy atom. The molecule has 1 heterocycles. The molecule has 0 fully saturated rings. The summed E-state index contributed by atoms with van der Waals surface area (Å²) < 4.78 is 16.1. The summed E-state index contributed by atoms with van der Waals surface area (Å²) in [5, 5.41) is 19.5. The predicted octanol–water partition coefficient (Wildman–Crippen LogP) is 2.71. The number of aliphatic hydroxyl groups is 1. The summed E-state index contributed by atoms with van der Waals surface area (Å²) in [4.78, 5) is 24.1. The Hall–Kier alpha value is -2.80. The van der Waals surface area contributed by atoms with Crippen molar-refractivity contribution in [3.05, 3.63) is 57.6 Å². The molecule has 2 rings (SSSR count). The van der Waals surface area contributed by atoms with Crippen LogP contribution in [0, 0.1) is 0 Å². The van der Waals surface area contributed by atoms with Crippen molar-refractivity contribution in [2.45, 2.75) is 45.8 Å². The molecule has 1 unspecified atom stereocenters. The van der Waals surface area contributed by atoms with Crippen LogP contribution < -0.4 is 10.2 Å². The minimum atomic E-state index is -0.753. The number of hydrogen-bond acceptors (Lipinski definition) is 7. The van der Waals surface area contributed by atoms with Crippen LogP contribution in [0.3, 0.4) is 0 Å². The highest BCUT2D eigenvalue weighted by Crippen LogP contribution is 2.34. The highest BCUT2D eigenvalue weighted by molar-refractivity contribution is 5.71. The molecule has 1 atom stereocenters. The number of ether oxygens (including phenoxy) is 2. The average molecular weight is 376 g/mol. The van der Waals surface area contributed by atoms with Crippen LogP contribution in [-0.4, -0.2) is 28.9 Å². The van der Waals surface area contributed by atoms with Crippen LogP contribution in [0.5, 0.6) is 11.5 Å². The highest BCUT2D eigenvalue weighted by atomic mass is 16.5. The molecule has 0 aliphatic carbocycles. The molecule has 0 bridgehead atoms. The van der Waals surface area contributed by atoms with Gasteiger partial charge in [-0.3, -0.25) is 9.59 Å². The van der Waals surface area contributed by atoms with Gasteiger partial charge in [0.05, 0.1) is 25.0 Å². The summed E-state index contributed by atoms with van der Waals surface area (Å²) in [5.74, 6) is -1.28. The van der Waals surface area contributed by atoms with E-state index in [-0.39, 0.29) is 30.7 Å². The van der Waals surface area contributed by atoms with E-state index in [9.17, 15) is 19.8 Å². The summed E-state index contributed by atoms with van der Waals surface area (Å²) in [6.45, 7) is 5.21. The molecule has 0 aliphatic rings. The maximum absolute atomic E-state index is 12.1. The normalized spacial score (nSPS) is 12.0. The smallest absolute Gasteiger partial charge is 0.306 e. The van der Waals surface area contributed by atoms with Gasteiger partial charge in [0, 0.05) is 6.07 Å². The fourth-order valence-electron chi connectivity index (χ4n) is 2.67. The molecule has 2 aromatic rings. The maximum atomic E-state index is 12.1. The zero-order valence-corrected chi connectivity index (χ0v) is 15.6. The molecule has 146 valence electrons. The lowest BCUT2D eigenvalue weighted by Gasteiger charge is -2.18. The second-order valence-electron chi connectivity index (χ2n) is 6.25. The standard InChI is InChI=1S/C20H24O7/c1-4-25-18(23)10-16(13-5-7-14(8-6-13)26-12(2)3)20-19(24)17(22)9-15(11-21)27-20/h5-9,12,16,21,24H,4,10-11H2,1-3H3. The number of carbonyl (C=O) groups is 1. The molecule has 1 aromatic heterocycles. The van der Waals surface area contributed by atoms with Gasteiger partial charge in [0.25, 0.3) is 0 Å². The first-order chi connectivity index (χ1) is 12.8. The van der Waals surface area contributed by atoms with Crippen LogP contribution in [-0.2, 0) is 16.1 Å². The molecular formula is C20H24O7. The van der Waals surface area contributed by atoms with Crippen LogP contribution in [0.25, 0.3) is 0 Å². The van der Waals surface area contributed by atoms with E-state index in [1.807, 2.05) is 13.8 Å². The zero-order valence-electron chi connectivity index (χ0n) is 15.6. The highest BCUT2D eigenvalue weighted by Gasteiger charge is 2.26. The van der Waals surface area contributed by atoms with Gasteiger partial charge in [-0.15, -0.1) is 0 Å². The van der Waals surface area contributed by atoms with Gasteiger partial charge in [0.2, 0.25) is 11.2 Å².